The highest BCUT2D eigenvalue weighted by molar-refractivity contribution is 5.85. The highest BCUT2D eigenvalue weighted by atomic mass is 16.2. The predicted octanol–water partition coefficient (Wildman–Crippen LogP) is -0.189. The fourth-order valence-corrected chi connectivity index (χ4v) is 4.36. The molecule has 0 aliphatic carbocycles. The van der Waals surface area contributed by atoms with Gasteiger partial charge in [0.2, 0.25) is 11.8 Å². The van der Waals surface area contributed by atoms with Gasteiger partial charge in [0, 0.05) is 58.8 Å². The lowest BCUT2D eigenvalue weighted by atomic mass is 10.1. The van der Waals surface area contributed by atoms with Crippen molar-refractivity contribution in [3.63, 3.8) is 0 Å². The van der Waals surface area contributed by atoms with E-state index in [1.54, 1.807) is 19.0 Å². The summed E-state index contributed by atoms with van der Waals surface area (Å²) in [4.78, 5) is 36.9. The molecule has 3 aliphatic rings. The summed E-state index contributed by atoms with van der Waals surface area (Å²) in [5, 5.41) is 3.54. The summed E-state index contributed by atoms with van der Waals surface area (Å²) in [6.07, 6.45) is 4.03. The van der Waals surface area contributed by atoms with Gasteiger partial charge in [-0.15, -0.1) is 0 Å². The summed E-state index contributed by atoms with van der Waals surface area (Å²) in [6, 6.07) is 0.806. The highest BCUT2D eigenvalue weighted by Gasteiger charge is 2.36. The van der Waals surface area contributed by atoms with Gasteiger partial charge < -0.3 is 20.0 Å². The van der Waals surface area contributed by atoms with Crippen LogP contribution in [0.1, 0.15) is 32.6 Å². The Balaban J connectivity index is 1.65. The number of hydrogen-bond donors (Lipinski definition) is 1. The first-order chi connectivity index (χ1) is 13.0. The van der Waals surface area contributed by atoms with Crippen molar-refractivity contribution in [1.82, 2.24) is 24.9 Å². The number of carbonyl (C=O) groups excluding carboxylic acids is 2. The van der Waals surface area contributed by atoms with Crippen LogP contribution in [0.3, 0.4) is 0 Å². The van der Waals surface area contributed by atoms with Crippen LogP contribution in [0, 0.1) is 0 Å². The molecular weight excluding hydrogens is 344 g/mol. The number of carbonyl (C=O) groups is 2. The first kappa shape index (κ1) is 19.9. The van der Waals surface area contributed by atoms with Crippen molar-refractivity contribution in [2.24, 2.45) is 4.99 Å². The van der Waals surface area contributed by atoms with Gasteiger partial charge in [0.15, 0.2) is 5.96 Å². The van der Waals surface area contributed by atoms with Crippen molar-refractivity contribution in [3.05, 3.63) is 0 Å². The number of fused-ring (bicyclic) bond motifs is 1. The number of hydrogen-bond acceptors (Lipinski definition) is 4. The van der Waals surface area contributed by atoms with Gasteiger partial charge in [0.25, 0.3) is 0 Å². The van der Waals surface area contributed by atoms with E-state index in [9.17, 15) is 9.59 Å². The number of nitrogens with zero attached hydrogens (tertiary/aromatic N) is 5. The summed E-state index contributed by atoms with van der Waals surface area (Å²) < 4.78 is 0. The molecule has 3 aliphatic heterocycles. The minimum atomic E-state index is 0.0000289. The Morgan fingerprint density at radius 2 is 2.07 bits per heavy atom. The van der Waals surface area contributed by atoms with Crippen LogP contribution in [-0.2, 0) is 9.59 Å². The topological polar surface area (TPSA) is 71.5 Å². The Morgan fingerprint density at radius 1 is 1.26 bits per heavy atom. The molecule has 0 saturated carbocycles. The van der Waals surface area contributed by atoms with E-state index in [-0.39, 0.29) is 24.4 Å². The first-order valence-electron chi connectivity index (χ1n) is 10.3. The van der Waals surface area contributed by atoms with Crippen molar-refractivity contribution in [2.45, 2.75) is 44.7 Å². The van der Waals surface area contributed by atoms with Crippen molar-refractivity contribution < 1.29 is 9.59 Å². The zero-order chi connectivity index (χ0) is 19.4. The van der Waals surface area contributed by atoms with E-state index in [0.717, 1.165) is 51.6 Å². The quantitative estimate of drug-likeness (QED) is 0.530. The molecule has 8 heteroatoms. The standard InChI is InChI=1S/C19H34N6O2/c1-4-23-9-5-6-15(23)12-20-19(21-13-18(27)22(2)3)24-10-11-25-16(14-24)7-8-17(25)26/h15-16H,4-14H2,1-3H3,(H,20,21). The number of likely N-dealkylation sites (tertiary alicyclic amines) is 1. The Kier molecular flexibility index (Phi) is 6.57. The molecule has 0 bridgehead atoms. The Morgan fingerprint density at radius 3 is 2.81 bits per heavy atom. The third-order valence-corrected chi connectivity index (χ3v) is 6.06. The summed E-state index contributed by atoms with van der Waals surface area (Å²) in [5.74, 6) is 1.09. The van der Waals surface area contributed by atoms with E-state index < -0.39 is 0 Å². The van der Waals surface area contributed by atoms with E-state index in [2.05, 4.69) is 27.0 Å². The van der Waals surface area contributed by atoms with Gasteiger partial charge in [-0.05, 0) is 32.4 Å². The molecule has 152 valence electrons. The van der Waals surface area contributed by atoms with Gasteiger partial charge in [-0.3, -0.25) is 14.5 Å². The Hall–Kier alpha value is -1.83. The highest BCUT2D eigenvalue weighted by Crippen LogP contribution is 2.23. The van der Waals surface area contributed by atoms with Gasteiger partial charge in [0.05, 0.1) is 0 Å². The molecule has 0 aromatic rings. The molecule has 8 nitrogen and oxygen atoms in total. The molecule has 0 aromatic carbocycles. The molecule has 2 atom stereocenters. The van der Waals surface area contributed by atoms with Crippen molar-refractivity contribution in [1.29, 1.82) is 0 Å². The smallest absolute Gasteiger partial charge is 0.243 e. The van der Waals surface area contributed by atoms with Crippen LogP contribution in [0.2, 0.25) is 0 Å². The largest absolute Gasteiger partial charge is 0.355 e. The molecule has 0 radical (unpaired) electrons. The molecule has 3 heterocycles. The summed E-state index contributed by atoms with van der Waals surface area (Å²) in [5.41, 5.74) is 0. The summed E-state index contributed by atoms with van der Waals surface area (Å²) in [6.45, 7) is 7.77. The van der Waals surface area contributed by atoms with Crippen LogP contribution < -0.4 is 5.32 Å². The second kappa shape index (κ2) is 8.91. The number of piperazine rings is 1. The first-order valence-corrected chi connectivity index (χ1v) is 10.3. The molecule has 3 rings (SSSR count). The van der Waals surface area contributed by atoms with Crippen LogP contribution in [0.25, 0.3) is 0 Å². The van der Waals surface area contributed by atoms with Gasteiger partial charge in [-0.2, -0.15) is 0 Å². The molecule has 3 fully saturated rings. The van der Waals surface area contributed by atoms with Gasteiger partial charge >= 0.3 is 0 Å². The second-order valence-corrected chi connectivity index (χ2v) is 7.96. The fraction of sp³-hybridized carbons (Fsp3) is 0.842. The Bertz CT molecular complexity index is 579. The molecule has 0 spiro atoms. The lowest BCUT2D eigenvalue weighted by molar-refractivity contribution is -0.130. The number of rotatable bonds is 5. The van der Waals surface area contributed by atoms with Gasteiger partial charge in [0.1, 0.15) is 6.54 Å². The van der Waals surface area contributed by atoms with Crippen molar-refractivity contribution in [3.8, 4) is 0 Å². The van der Waals surface area contributed by atoms with E-state index in [0.29, 0.717) is 12.5 Å². The minimum absolute atomic E-state index is 0.0000289. The number of aliphatic imine (C=N–C) groups is 1. The lowest BCUT2D eigenvalue weighted by Crippen LogP contribution is -2.57. The lowest BCUT2D eigenvalue weighted by Gasteiger charge is -2.39. The van der Waals surface area contributed by atoms with Crippen LogP contribution in [-0.4, -0.2) is 109 Å². The minimum Gasteiger partial charge on any atom is -0.355 e. The second-order valence-electron chi connectivity index (χ2n) is 7.96. The van der Waals surface area contributed by atoms with E-state index in [1.165, 1.54) is 12.8 Å². The zero-order valence-corrected chi connectivity index (χ0v) is 17.0. The molecular formula is C19H34N6O2. The maximum absolute atomic E-state index is 12.0. The average molecular weight is 379 g/mol. The number of nitrogens with one attached hydrogen (secondary N) is 1. The van der Waals surface area contributed by atoms with Gasteiger partial charge in [-0.25, -0.2) is 4.99 Å². The zero-order valence-electron chi connectivity index (χ0n) is 17.0. The summed E-state index contributed by atoms with van der Waals surface area (Å²) >= 11 is 0. The summed E-state index contributed by atoms with van der Waals surface area (Å²) in [7, 11) is 3.51. The molecule has 27 heavy (non-hydrogen) atoms. The SMILES string of the molecule is CCN1CCCC1CNC(=NCC(=O)N(C)C)N1CCN2C(=O)CCC2C1. The molecule has 0 aromatic heterocycles. The third kappa shape index (κ3) is 4.72. The van der Waals surface area contributed by atoms with Crippen LogP contribution in [0.4, 0.5) is 0 Å². The van der Waals surface area contributed by atoms with E-state index in [1.807, 2.05) is 4.90 Å². The Labute approximate surface area is 162 Å². The van der Waals surface area contributed by atoms with Crippen LogP contribution in [0.15, 0.2) is 4.99 Å². The van der Waals surface area contributed by atoms with Crippen molar-refractivity contribution >= 4 is 17.8 Å². The number of amides is 2. The van der Waals surface area contributed by atoms with Crippen molar-refractivity contribution in [2.75, 3.05) is 59.9 Å². The fourth-order valence-electron chi connectivity index (χ4n) is 4.36. The maximum atomic E-state index is 12.0. The maximum Gasteiger partial charge on any atom is 0.243 e. The monoisotopic (exact) mass is 378 g/mol. The molecule has 3 saturated heterocycles. The third-order valence-electron chi connectivity index (χ3n) is 6.06. The van der Waals surface area contributed by atoms with E-state index in [4.69, 9.17) is 0 Å². The number of guanidine groups is 1. The van der Waals surface area contributed by atoms with Crippen LogP contribution in [0.5, 0.6) is 0 Å². The number of likely N-dealkylation sites (N-methyl/N-ethyl adjacent to an activating group) is 2. The molecule has 2 unspecified atom stereocenters. The van der Waals surface area contributed by atoms with E-state index >= 15 is 0 Å². The predicted molar refractivity (Wildman–Crippen MR) is 106 cm³/mol. The normalized spacial score (nSPS) is 26.5. The molecule has 1 N–H and O–H groups in total. The average Bonchev–Trinajstić information content (AvgIpc) is 3.27. The van der Waals surface area contributed by atoms with Gasteiger partial charge in [-0.1, -0.05) is 6.92 Å². The van der Waals surface area contributed by atoms with Crippen LogP contribution >= 0.6 is 0 Å². The molecule has 2 amide bonds.